The molecule has 0 amide bonds. The average molecular weight is 454 g/mol. The van der Waals surface area contributed by atoms with Crippen LogP contribution in [0.15, 0.2) is 75.2 Å². The van der Waals surface area contributed by atoms with Gasteiger partial charge in [-0.2, -0.15) is 0 Å². The van der Waals surface area contributed by atoms with Crippen molar-refractivity contribution in [2.75, 3.05) is 13.7 Å². The maximum Gasteiger partial charge on any atom is 0.307 e. The molecule has 0 spiro atoms. The zero-order valence-electron chi connectivity index (χ0n) is 17.3. The summed E-state index contributed by atoms with van der Waals surface area (Å²) in [5.74, 6) is 0.486. The van der Waals surface area contributed by atoms with Gasteiger partial charge >= 0.3 is 5.97 Å². The van der Waals surface area contributed by atoms with E-state index in [1.54, 1.807) is 18.0 Å². The van der Waals surface area contributed by atoms with Crippen molar-refractivity contribution >= 4 is 35.1 Å². The molecule has 0 unspecified atom stereocenters. The smallest absolute Gasteiger partial charge is 0.307 e. The predicted molar refractivity (Wildman–Crippen MR) is 123 cm³/mol. The molecule has 160 valence electrons. The molecule has 3 heterocycles. The zero-order chi connectivity index (χ0) is 21.8. The van der Waals surface area contributed by atoms with Crippen LogP contribution in [0.2, 0.25) is 0 Å². The summed E-state index contributed by atoms with van der Waals surface area (Å²) in [5.41, 5.74) is 2.08. The van der Waals surface area contributed by atoms with Gasteiger partial charge in [-0.1, -0.05) is 35.5 Å². The summed E-state index contributed by atoms with van der Waals surface area (Å²) in [4.78, 5) is 19.3. The van der Waals surface area contributed by atoms with Crippen LogP contribution in [-0.4, -0.2) is 34.6 Å². The quantitative estimate of drug-likeness (QED) is 0.409. The molecule has 1 aliphatic rings. The Balaban J connectivity index is 1.61. The number of esters is 1. The number of carbonyl (C=O) groups is 1. The van der Waals surface area contributed by atoms with Gasteiger partial charge in [0.15, 0.2) is 10.2 Å². The second-order valence-electron chi connectivity index (χ2n) is 7.22. The minimum absolute atomic E-state index is 0.185. The molecule has 8 heteroatoms. The average Bonchev–Trinajstić information content (AvgIpc) is 3.38. The molecule has 1 N–H and O–H groups in total. The number of rotatable bonds is 7. The van der Waals surface area contributed by atoms with Gasteiger partial charge in [0.2, 0.25) is 0 Å². The molecule has 0 aliphatic carbocycles. The van der Waals surface area contributed by atoms with Crippen molar-refractivity contribution in [1.29, 1.82) is 0 Å². The number of hydrogen-bond donors (Lipinski definition) is 1. The van der Waals surface area contributed by atoms with Crippen molar-refractivity contribution in [2.45, 2.75) is 35.4 Å². The first-order valence-electron chi connectivity index (χ1n) is 9.94. The van der Waals surface area contributed by atoms with Gasteiger partial charge in [-0.25, -0.2) is 0 Å². The van der Waals surface area contributed by atoms with Gasteiger partial charge in [0.05, 0.1) is 25.3 Å². The Bertz CT molecular complexity index is 1050. The normalized spacial score (nSPS) is 18.1. The van der Waals surface area contributed by atoms with Crippen LogP contribution < -0.4 is 5.32 Å². The molecule has 0 bridgehead atoms. The second-order valence-corrected chi connectivity index (χ2v) is 8.68. The maximum absolute atomic E-state index is 11.7. The van der Waals surface area contributed by atoms with Crippen LogP contribution in [-0.2, 0) is 9.53 Å². The highest BCUT2D eigenvalue weighted by molar-refractivity contribution is 7.99. The fraction of sp³-hybridized carbons (Fsp3) is 0.261. The molecular weight excluding hydrogens is 430 g/mol. The lowest BCUT2D eigenvalue weighted by Crippen LogP contribution is -2.31. The van der Waals surface area contributed by atoms with Crippen LogP contribution in [0, 0.1) is 6.92 Å². The fourth-order valence-corrected chi connectivity index (χ4v) is 4.65. The molecular formula is C23H23N3O3S2. The van der Waals surface area contributed by atoms with Gasteiger partial charge < -0.3 is 19.4 Å². The predicted octanol–water partition coefficient (Wildman–Crippen LogP) is 4.67. The summed E-state index contributed by atoms with van der Waals surface area (Å²) >= 11 is 7.16. The summed E-state index contributed by atoms with van der Waals surface area (Å²) in [6.07, 6.45) is 1.99. The lowest BCUT2D eigenvalue weighted by Gasteiger charge is -2.25. The SMILES string of the molecule is COC(=O)CCN1C(=S)N[C@H](c2ccccn2)[C@H]1c1ccc(Sc2ccc(C)cc2)o1. The first-order chi connectivity index (χ1) is 15.0. The molecule has 1 fully saturated rings. The number of methoxy groups -OCH3 is 1. The molecule has 0 saturated carbocycles. The molecule has 2 aromatic heterocycles. The van der Waals surface area contributed by atoms with Gasteiger partial charge in [0.1, 0.15) is 11.8 Å². The molecule has 1 saturated heterocycles. The maximum atomic E-state index is 11.7. The Morgan fingerprint density at radius 2 is 2.03 bits per heavy atom. The van der Waals surface area contributed by atoms with Crippen molar-refractivity contribution in [2.24, 2.45) is 0 Å². The highest BCUT2D eigenvalue weighted by atomic mass is 32.2. The molecule has 3 aromatic rings. The lowest BCUT2D eigenvalue weighted by molar-refractivity contribution is -0.140. The summed E-state index contributed by atoms with van der Waals surface area (Å²) in [6.45, 7) is 2.49. The Labute approximate surface area is 191 Å². The largest absolute Gasteiger partial charge is 0.469 e. The van der Waals surface area contributed by atoms with E-state index in [1.165, 1.54) is 12.7 Å². The van der Waals surface area contributed by atoms with Crippen LogP contribution in [0.3, 0.4) is 0 Å². The minimum Gasteiger partial charge on any atom is -0.469 e. The number of nitrogens with one attached hydrogen (secondary N) is 1. The van der Waals surface area contributed by atoms with Crippen LogP contribution in [0.4, 0.5) is 0 Å². The first-order valence-corrected chi connectivity index (χ1v) is 11.2. The van der Waals surface area contributed by atoms with E-state index >= 15 is 0 Å². The van der Waals surface area contributed by atoms with Crippen molar-refractivity contribution < 1.29 is 13.9 Å². The number of aromatic nitrogens is 1. The van der Waals surface area contributed by atoms with Gasteiger partial charge in [0, 0.05) is 17.6 Å². The summed E-state index contributed by atoms with van der Waals surface area (Å²) in [5, 5.41) is 4.71. The molecule has 4 rings (SSSR count). The van der Waals surface area contributed by atoms with Crippen molar-refractivity contribution in [3.8, 4) is 0 Å². The Morgan fingerprint density at radius 3 is 2.74 bits per heavy atom. The molecule has 2 atom stereocenters. The number of furan rings is 1. The molecule has 0 radical (unpaired) electrons. The van der Waals surface area contributed by atoms with E-state index in [1.807, 2.05) is 35.2 Å². The lowest BCUT2D eigenvalue weighted by atomic mass is 10.0. The number of hydrogen-bond acceptors (Lipinski definition) is 6. The molecule has 1 aromatic carbocycles. The van der Waals surface area contributed by atoms with Crippen LogP contribution in [0.1, 0.15) is 35.5 Å². The standard InChI is InChI=1S/C23H23N3O3S2/c1-15-6-8-16(9-7-15)31-20-11-10-18(29-20)22-21(17-5-3-4-13-24-17)25-23(30)26(22)14-12-19(27)28-2/h3-11,13,21-22H,12,14H2,1-2H3,(H,25,30)/t21-,22-/m1/s1. The minimum atomic E-state index is -0.280. The highest BCUT2D eigenvalue weighted by Gasteiger charge is 2.41. The summed E-state index contributed by atoms with van der Waals surface area (Å²) < 4.78 is 11.1. The first kappa shape index (κ1) is 21.4. The number of ether oxygens (including phenoxy) is 1. The molecule has 6 nitrogen and oxygen atoms in total. The van der Waals surface area contributed by atoms with E-state index in [-0.39, 0.29) is 24.5 Å². The number of nitrogens with zero attached hydrogens (tertiary/aromatic N) is 2. The topological polar surface area (TPSA) is 67.6 Å². The molecule has 31 heavy (non-hydrogen) atoms. The summed E-state index contributed by atoms with van der Waals surface area (Å²) in [6, 6.07) is 17.6. The Hall–Kier alpha value is -2.84. The van der Waals surface area contributed by atoms with Gasteiger partial charge in [-0.3, -0.25) is 9.78 Å². The van der Waals surface area contributed by atoms with Gasteiger partial charge in [-0.15, -0.1) is 0 Å². The second kappa shape index (κ2) is 9.53. The number of benzene rings is 1. The van der Waals surface area contributed by atoms with E-state index in [0.717, 1.165) is 21.4 Å². The van der Waals surface area contributed by atoms with Crippen LogP contribution >= 0.6 is 24.0 Å². The van der Waals surface area contributed by atoms with Crippen LogP contribution in [0.5, 0.6) is 0 Å². The Kier molecular flexibility index (Phi) is 6.58. The van der Waals surface area contributed by atoms with Gasteiger partial charge in [-0.05, 0) is 55.5 Å². The number of aryl methyl sites for hydroxylation is 1. The number of thiocarbonyl (C=S) groups is 1. The van der Waals surface area contributed by atoms with E-state index < -0.39 is 0 Å². The fourth-order valence-electron chi connectivity index (χ4n) is 3.54. The number of carbonyl (C=O) groups excluding carboxylic acids is 1. The van der Waals surface area contributed by atoms with Crippen LogP contribution in [0.25, 0.3) is 0 Å². The monoisotopic (exact) mass is 453 g/mol. The van der Waals surface area contributed by atoms with E-state index in [9.17, 15) is 4.79 Å². The third-order valence-electron chi connectivity index (χ3n) is 5.12. The third kappa shape index (κ3) is 4.91. The third-order valence-corrected chi connectivity index (χ3v) is 6.40. The Morgan fingerprint density at radius 1 is 1.23 bits per heavy atom. The number of pyridine rings is 1. The van der Waals surface area contributed by atoms with E-state index in [2.05, 4.69) is 41.5 Å². The van der Waals surface area contributed by atoms with E-state index in [0.29, 0.717) is 11.7 Å². The van der Waals surface area contributed by atoms with E-state index in [4.69, 9.17) is 21.4 Å². The van der Waals surface area contributed by atoms with Gasteiger partial charge in [0.25, 0.3) is 0 Å². The van der Waals surface area contributed by atoms with Crippen molar-refractivity contribution in [3.63, 3.8) is 0 Å². The zero-order valence-corrected chi connectivity index (χ0v) is 18.9. The van der Waals surface area contributed by atoms with Crippen molar-refractivity contribution in [3.05, 3.63) is 77.8 Å². The van der Waals surface area contributed by atoms with Crippen molar-refractivity contribution in [1.82, 2.24) is 15.2 Å². The molecule has 1 aliphatic heterocycles. The highest BCUT2D eigenvalue weighted by Crippen LogP contribution is 2.41. The summed E-state index contributed by atoms with van der Waals surface area (Å²) in [7, 11) is 1.39.